The Hall–Kier alpha value is -2.24. The number of carbonyl (C=O) groups is 2. The van der Waals surface area contributed by atoms with Crippen LogP contribution in [0.1, 0.15) is 30.6 Å². The number of hydrogen-bond donors (Lipinski definition) is 2. The van der Waals surface area contributed by atoms with Crippen molar-refractivity contribution in [3.63, 3.8) is 0 Å². The van der Waals surface area contributed by atoms with E-state index in [0.717, 1.165) is 6.42 Å². The highest BCUT2D eigenvalue weighted by molar-refractivity contribution is 6.00. The van der Waals surface area contributed by atoms with Gasteiger partial charge in [0.25, 0.3) is 0 Å². The number of amides is 2. The van der Waals surface area contributed by atoms with E-state index in [4.69, 9.17) is 9.84 Å². The van der Waals surface area contributed by atoms with Crippen LogP contribution >= 0.6 is 0 Å². The molecule has 0 aliphatic carbocycles. The van der Waals surface area contributed by atoms with E-state index >= 15 is 0 Å². The maximum absolute atomic E-state index is 12.1. The molecule has 0 saturated carbocycles. The molecule has 2 amide bonds. The number of urea groups is 1. The second kappa shape index (κ2) is 7.52. The van der Waals surface area contributed by atoms with Gasteiger partial charge in [0.1, 0.15) is 5.75 Å². The number of carboxylic acids is 1. The zero-order valence-corrected chi connectivity index (χ0v) is 12.8. The van der Waals surface area contributed by atoms with Gasteiger partial charge in [0, 0.05) is 19.7 Å². The van der Waals surface area contributed by atoms with Crippen LogP contribution in [0, 0.1) is 5.92 Å². The van der Waals surface area contributed by atoms with Crippen molar-refractivity contribution in [1.29, 1.82) is 0 Å². The molecule has 1 aromatic rings. The van der Waals surface area contributed by atoms with Crippen LogP contribution in [0.15, 0.2) is 18.2 Å². The van der Waals surface area contributed by atoms with Crippen LogP contribution in [0.4, 0.5) is 10.5 Å². The Morgan fingerprint density at radius 1 is 1.43 bits per heavy atom. The summed E-state index contributed by atoms with van der Waals surface area (Å²) in [6.45, 7) is 4.72. The van der Waals surface area contributed by atoms with Crippen LogP contribution in [0.5, 0.6) is 5.75 Å². The van der Waals surface area contributed by atoms with Gasteiger partial charge < -0.3 is 20.1 Å². The molecule has 0 bridgehead atoms. The standard InChI is InChI=1S/C15H22N2O4/c1-5-10(2)9-17(3)15(20)16-13-8-11(21-4)6-7-12(13)14(18)19/h6-8,10H,5,9H2,1-4H3,(H,16,20)(H,18,19). The second-order valence-corrected chi connectivity index (χ2v) is 5.04. The first-order chi connectivity index (χ1) is 9.88. The lowest BCUT2D eigenvalue weighted by atomic mass is 10.1. The van der Waals surface area contributed by atoms with Gasteiger partial charge in [-0.1, -0.05) is 20.3 Å². The summed E-state index contributed by atoms with van der Waals surface area (Å²) in [6.07, 6.45) is 0.969. The Balaban J connectivity index is 2.90. The van der Waals surface area contributed by atoms with Crippen LogP contribution in [0.25, 0.3) is 0 Å². The average Bonchev–Trinajstić information content (AvgIpc) is 2.46. The molecule has 0 aliphatic heterocycles. The number of benzene rings is 1. The van der Waals surface area contributed by atoms with E-state index in [9.17, 15) is 9.59 Å². The van der Waals surface area contributed by atoms with Crippen molar-refractivity contribution < 1.29 is 19.4 Å². The number of hydrogen-bond acceptors (Lipinski definition) is 3. The Morgan fingerprint density at radius 3 is 2.62 bits per heavy atom. The summed E-state index contributed by atoms with van der Waals surface area (Å²) < 4.78 is 5.06. The van der Waals surface area contributed by atoms with Crippen molar-refractivity contribution in [2.45, 2.75) is 20.3 Å². The molecule has 1 unspecified atom stereocenters. The highest BCUT2D eigenvalue weighted by atomic mass is 16.5. The monoisotopic (exact) mass is 294 g/mol. The third-order valence-corrected chi connectivity index (χ3v) is 3.33. The summed E-state index contributed by atoms with van der Waals surface area (Å²) in [6, 6.07) is 4.11. The molecule has 0 fully saturated rings. The van der Waals surface area contributed by atoms with Crippen molar-refractivity contribution in [1.82, 2.24) is 4.90 Å². The number of nitrogens with zero attached hydrogens (tertiary/aromatic N) is 1. The summed E-state index contributed by atoms with van der Waals surface area (Å²) in [5.41, 5.74) is 0.254. The van der Waals surface area contributed by atoms with E-state index in [1.165, 1.54) is 19.2 Å². The number of rotatable bonds is 6. The largest absolute Gasteiger partial charge is 0.497 e. The molecule has 0 saturated heterocycles. The number of ether oxygens (including phenoxy) is 1. The number of methoxy groups -OCH3 is 1. The zero-order chi connectivity index (χ0) is 16.0. The molecule has 0 aromatic heterocycles. The fourth-order valence-electron chi connectivity index (χ4n) is 1.83. The fraction of sp³-hybridized carbons (Fsp3) is 0.467. The van der Waals surface area contributed by atoms with E-state index < -0.39 is 5.97 Å². The predicted molar refractivity (Wildman–Crippen MR) is 81.1 cm³/mol. The Morgan fingerprint density at radius 2 is 2.10 bits per heavy atom. The van der Waals surface area contributed by atoms with E-state index in [1.807, 2.05) is 0 Å². The lowest BCUT2D eigenvalue weighted by molar-refractivity contribution is 0.0698. The first-order valence-electron chi connectivity index (χ1n) is 6.82. The van der Waals surface area contributed by atoms with Gasteiger partial charge in [-0.3, -0.25) is 0 Å². The van der Waals surface area contributed by atoms with Crippen LogP contribution < -0.4 is 10.1 Å². The summed E-state index contributed by atoms with van der Waals surface area (Å²) >= 11 is 0. The molecule has 21 heavy (non-hydrogen) atoms. The van der Waals surface area contributed by atoms with E-state index in [-0.39, 0.29) is 17.3 Å². The molecular formula is C15H22N2O4. The summed E-state index contributed by atoms with van der Waals surface area (Å²) in [5, 5.41) is 11.8. The Kier molecular flexibility index (Phi) is 6.02. The molecule has 0 heterocycles. The first kappa shape index (κ1) is 16.8. The molecule has 6 heteroatoms. The van der Waals surface area contributed by atoms with Crippen molar-refractivity contribution in [3.8, 4) is 5.75 Å². The highest BCUT2D eigenvalue weighted by Crippen LogP contribution is 2.23. The number of aromatic carboxylic acids is 1. The molecule has 0 radical (unpaired) electrons. The van der Waals surface area contributed by atoms with Crippen LogP contribution in [-0.4, -0.2) is 42.7 Å². The molecule has 0 aliphatic rings. The summed E-state index contributed by atoms with van der Waals surface area (Å²) in [7, 11) is 3.17. The summed E-state index contributed by atoms with van der Waals surface area (Å²) in [5.74, 6) is -0.234. The molecule has 1 rings (SSSR count). The van der Waals surface area contributed by atoms with Crippen molar-refractivity contribution in [2.24, 2.45) is 5.92 Å². The number of carbonyl (C=O) groups excluding carboxylic acids is 1. The normalized spacial score (nSPS) is 11.6. The maximum Gasteiger partial charge on any atom is 0.337 e. The topological polar surface area (TPSA) is 78.9 Å². The summed E-state index contributed by atoms with van der Waals surface area (Å²) in [4.78, 5) is 24.9. The average molecular weight is 294 g/mol. The molecule has 2 N–H and O–H groups in total. The quantitative estimate of drug-likeness (QED) is 0.845. The fourth-order valence-corrected chi connectivity index (χ4v) is 1.83. The van der Waals surface area contributed by atoms with Gasteiger partial charge in [-0.25, -0.2) is 9.59 Å². The second-order valence-electron chi connectivity index (χ2n) is 5.04. The maximum atomic E-state index is 12.1. The molecule has 0 spiro atoms. The Bertz CT molecular complexity index is 516. The minimum Gasteiger partial charge on any atom is -0.497 e. The third kappa shape index (κ3) is 4.66. The predicted octanol–water partition coefficient (Wildman–Crippen LogP) is 2.90. The molecule has 6 nitrogen and oxygen atoms in total. The highest BCUT2D eigenvalue weighted by Gasteiger charge is 2.16. The lowest BCUT2D eigenvalue weighted by Gasteiger charge is -2.22. The van der Waals surface area contributed by atoms with Gasteiger partial charge in [0.15, 0.2) is 0 Å². The van der Waals surface area contributed by atoms with Crippen LogP contribution in [0.3, 0.4) is 0 Å². The first-order valence-corrected chi connectivity index (χ1v) is 6.82. The molecule has 116 valence electrons. The van der Waals surface area contributed by atoms with Crippen LogP contribution in [0.2, 0.25) is 0 Å². The van der Waals surface area contributed by atoms with Gasteiger partial charge >= 0.3 is 12.0 Å². The lowest BCUT2D eigenvalue weighted by Crippen LogP contribution is -2.35. The number of nitrogens with one attached hydrogen (secondary N) is 1. The minimum atomic E-state index is -1.10. The van der Waals surface area contributed by atoms with E-state index in [1.54, 1.807) is 18.0 Å². The van der Waals surface area contributed by atoms with Crippen molar-refractivity contribution >= 4 is 17.7 Å². The van der Waals surface area contributed by atoms with Crippen molar-refractivity contribution in [2.75, 3.05) is 26.0 Å². The SMILES string of the molecule is CCC(C)CN(C)C(=O)Nc1cc(OC)ccc1C(=O)O. The van der Waals surface area contributed by atoms with Gasteiger partial charge in [-0.2, -0.15) is 0 Å². The van der Waals surface area contributed by atoms with Crippen molar-refractivity contribution in [3.05, 3.63) is 23.8 Å². The molecule has 1 atom stereocenters. The Labute approximate surface area is 124 Å². The number of anilines is 1. The third-order valence-electron chi connectivity index (χ3n) is 3.33. The molecule has 1 aromatic carbocycles. The van der Waals surface area contributed by atoms with E-state index in [0.29, 0.717) is 18.2 Å². The number of carboxylic acid groups (broad SMARTS) is 1. The van der Waals surface area contributed by atoms with Gasteiger partial charge in [-0.05, 0) is 18.1 Å². The molecular weight excluding hydrogens is 272 g/mol. The minimum absolute atomic E-state index is 0.0288. The van der Waals surface area contributed by atoms with E-state index in [2.05, 4.69) is 19.2 Å². The zero-order valence-electron chi connectivity index (χ0n) is 12.8. The van der Waals surface area contributed by atoms with Gasteiger partial charge in [-0.15, -0.1) is 0 Å². The van der Waals surface area contributed by atoms with Crippen LogP contribution in [-0.2, 0) is 0 Å². The smallest absolute Gasteiger partial charge is 0.337 e. The van der Waals surface area contributed by atoms with Gasteiger partial charge in [0.05, 0.1) is 18.4 Å². The van der Waals surface area contributed by atoms with Gasteiger partial charge in [0.2, 0.25) is 0 Å².